The Balaban J connectivity index is 1.24. The average molecular weight is 442 g/mol. The molecule has 0 unspecified atom stereocenters. The fourth-order valence-corrected chi connectivity index (χ4v) is 4.98. The van der Waals surface area contributed by atoms with Gasteiger partial charge in [0.1, 0.15) is 12.1 Å². The van der Waals surface area contributed by atoms with E-state index in [1.165, 1.54) is 18.0 Å². The minimum Gasteiger partial charge on any atom is -0.399 e. The summed E-state index contributed by atoms with van der Waals surface area (Å²) in [6.45, 7) is 4.78. The van der Waals surface area contributed by atoms with Crippen LogP contribution in [0.1, 0.15) is 24.0 Å². The monoisotopic (exact) mass is 441 g/mol. The molecule has 3 heterocycles. The van der Waals surface area contributed by atoms with Crippen molar-refractivity contribution in [1.82, 2.24) is 14.9 Å². The average Bonchev–Trinajstić information content (AvgIpc) is 2.73. The molecule has 0 amide bonds. The number of nitrogen functional groups attached to an aromatic ring is 1. The van der Waals surface area contributed by atoms with Gasteiger partial charge in [-0.3, -0.25) is 4.90 Å². The van der Waals surface area contributed by atoms with Crippen LogP contribution < -0.4 is 10.6 Å². The van der Waals surface area contributed by atoms with Gasteiger partial charge in [-0.2, -0.15) is 13.2 Å². The quantitative estimate of drug-likeness (QED) is 0.608. The van der Waals surface area contributed by atoms with Crippen molar-refractivity contribution in [2.24, 2.45) is 5.41 Å². The number of hydrogen-bond donors (Lipinski definition) is 1. The predicted molar refractivity (Wildman–Crippen MR) is 119 cm³/mol. The van der Waals surface area contributed by atoms with Crippen molar-refractivity contribution in [2.45, 2.75) is 32.0 Å². The van der Waals surface area contributed by atoms with Crippen molar-refractivity contribution < 1.29 is 13.2 Å². The summed E-state index contributed by atoms with van der Waals surface area (Å²) in [6.07, 6.45) is -1.45. The summed E-state index contributed by atoms with van der Waals surface area (Å²) in [5.74, 6) is 0.744. The van der Waals surface area contributed by atoms with Gasteiger partial charge in [0, 0.05) is 36.1 Å². The molecule has 5 rings (SSSR count). The van der Waals surface area contributed by atoms with Crippen molar-refractivity contribution >= 4 is 22.4 Å². The molecule has 0 atom stereocenters. The number of likely N-dealkylation sites (tertiary alicyclic amines) is 1. The number of anilines is 2. The Hall–Kier alpha value is -2.87. The fraction of sp³-hybridized carbons (Fsp3) is 0.417. The summed E-state index contributed by atoms with van der Waals surface area (Å²) in [4.78, 5) is 13.3. The van der Waals surface area contributed by atoms with Crippen LogP contribution in [-0.2, 0) is 13.0 Å². The zero-order valence-corrected chi connectivity index (χ0v) is 17.8. The summed E-state index contributed by atoms with van der Waals surface area (Å²) < 4.78 is 38.6. The molecule has 2 aromatic carbocycles. The molecular formula is C24H26F3N5. The number of rotatable bonds is 4. The van der Waals surface area contributed by atoms with Gasteiger partial charge in [0.15, 0.2) is 0 Å². The second-order valence-corrected chi connectivity index (χ2v) is 9.21. The van der Waals surface area contributed by atoms with Gasteiger partial charge in [-0.05, 0) is 61.3 Å². The number of halogens is 3. The molecule has 5 nitrogen and oxygen atoms in total. The number of piperidine rings is 1. The van der Waals surface area contributed by atoms with Gasteiger partial charge in [-0.1, -0.05) is 18.2 Å². The predicted octanol–water partition coefficient (Wildman–Crippen LogP) is 4.42. The minimum atomic E-state index is -4.23. The second-order valence-electron chi connectivity index (χ2n) is 9.21. The first kappa shape index (κ1) is 21.0. The summed E-state index contributed by atoms with van der Waals surface area (Å²) in [7, 11) is 0. The van der Waals surface area contributed by atoms with E-state index in [0.717, 1.165) is 57.1 Å². The van der Waals surface area contributed by atoms with Gasteiger partial charge in [0.25, 0.3) is 0 Å². The summed E-state index contributed by atoms with van der Waals surface area (Å²) in [5, 5.41) is 0.699. The Bertz CT molecular complexity index is 1100. The topological polar surface area (TPSA) is 58.3 Å². The third kappa shape index (κ3) is 4.37. The molecule has 1 spiro atoms. The largest absolute Gasteiger partial charge is 0.399 e. The molecule has 2 aliphatic heterocycles. The van der Waals surface area contributed by atoms with Crippen LogP contribution in [0.3, 0.4) is 0 Å². The van der Waals surface area contributed by atoms with Gasteiger partial charge in [0.05, 0.1) is 11.9 Å². The summed E-state index contributed by atoms with van der Waals surface area (Å²) in [6, 6.07) is 12.8. The van der Waals surface area contributed by atoms with E-state index in [4.69, 9.17) is 5.73 Å². The zero-order valence-electron chi connectivity index (χ0n) is 17.8. The molecule has 0 bridgehead atoms. The smallest absolute Gasteiger partial charge is 0.393 e. The highest BCUT2D eigenvalue weighted by atomic mass is 19.4. The first-order chi connectivity index (χ1) is 15.3. The van der Waals surface area contributed by atoms with Crippen LogP contribution >= 0.6 is 0 Å². The van der Waals surface area contributed by atoms with Crippen LogP contribution in [0.5, 0.6) is 0 Å². The molecule has 168 valence electrons. The van der Waals surface area contributed by atoms with E-state index in [0.29, 0.717) is 10.9 Å². The van der Waals surface area contributed by atoms with E-state index in [2.05, 4.69) is 31.9 Å². The summed E-state index contributed by atoms with van der Waals surface area (Å²) >= 11 is 0. The SMILES string of the molecule is Nc1ccc(CN2CCC3(CC2)CN(c2ncnc4ccc(CC(F)(F)F)cc24)C3)cc1. The van der Waals surface area contributed by atoms with Crippen LogP contribution in [-0.4, -0.2) is 47.2 Å². The van der Waals surface area contributed by atoms with E-state index in [-0.39, 0.29) is 11.0 Å². The van der Waals surface area contributed by atoms with Gasteiger partial charge >= 0.3 is 6.18 Å². The molecule has 32 heavy (non-hydrogen) atoms. The maximum Gasteiger partial charge on any atom is 0.393 e. The molecule has 2 fully saturated rings. The molecule has 2 saturated heterocycles. The number of nitrogens with zero attached hydrogens (tertiary/aromatic N) is 4. The Morgan fingerprint density at radius 2 is 1.62 bits per heavy atom. The highest BCUT2D eigenvalue weighted by Crippen LogP contribution is 2.43. The lowest BCUT2D eigenvalue weighted by molar-refractivity contribution is -0.127. The third-order valence-corrected chi connectivity index (χ3v) is 6.74. The van der Waals surface area contributed by atoms with E-state index in [1.54, 1.807) is 12.1 Å². The molecule has 0 aliphatic carbocycles. The second kappa shape index (κ2) is 7.92. The number of fused-ring (bicyclic) bond motifs is 1. The van der Waals surface area contributed by atoms with E-state index in [9.17, 15) is 13.2 Å². The van der Waals surface area contributed by atoms with E-state index in [1.807, 2.05) is 12.1 Å². The number of alkyl halides is 3. The lowest BCUT2D eigenvalue weighted by Gasteiger charge is -2.54. The highest BCUT2D eigenvalue weighted by molar-refractivity contribution is 5.90. The molecular weight excluding hydrogens is 415 g/mol. The molecule has 0 saturated carbocycles. The highest BCUT2D eigenvalue weighted by Gasteiger charge is 2.45. The maximum absolute atomic E-state index is 12.9. The first-order valence-corrected chi connectivity index (χ1v) is 10.9. The molecule has 2 N–H and O–H groups in total. The molecule has 2 aliphatic rings. The zero-order chi connectivity index (χ0) is 22.3. The van der Waals surface area contributed by atoms with Crippen LogP contribution in [0.25, 0.3) is 10.9 Å². The third-order valence-electron chi connectivity index (χ3n) is 6.74. The van der Waals surface area contributed by atoms with Crippen LogP contribution in [0.4, 0.5) is 24.7 Å². The lowest BCUT2D eigenvalue weighted by Crippen LogP contribution is -2.60. The van der Waals surface area contributed by atoms with Crippen molar-refractivity contribution in [2.75, 3.05) is 36.8 Å². The normalized spacial score (nSPS) is 18.8. The number of nitrogens with two attached hydrogens (primary N) is 1. The van der Waals surface area contributed by atoms with Gasteiger partial charge < -0.3 is 10.6 Å². The molecule has 0 radical (unpaired) electrons. The lowest BCUT2D eigenvalue weighted by atomic mass is 9.72. The van der Waals surface area contributed by atoms with E-state index < -0.39 is 12.6 Å². The van der Waals surface area contributed by atoms with E-state index >= 15 is 0 Å². The summed E-state index contributed by atoms with van der Waals surface area (Å²) in [5.41, 5.74) is 9.01. The van der Waals surface area contributed by atoms with Crippen LogP contribution in [0.2, 0.25) is 0 Å². The van der Waals surface area contributed by atoms with Gasteiger partial charge in [-0.15, -0.1) is 0 Å². The minimum absolute atomic E-state index is 0.243. The number of benzene rings is 2. The Morgan fingerprint density at radius 3 is 2.31 bits per heavy atom. The van der Waals surface area contributed by atoms with Gasteiger partial charge in [-0.25, -0.2) is 9.97 Å². The Morgan fingerprint density at radius 1 is 0.938 bits per heavy atom. The standard InChI is InChI=1S/C24H26F3N5/c25-24(26,27)12-18-3-6-21-20(11-18)22(30-16-29-21)32-14-23(15-32)7-9-31(10-8-23)13-17-1-4-19(28)5-2-17/h1-6,11,16H,7-10,12-15,28H2. The maximum atomic E-state index is 12.9. The molecule has 3 aromatic rings. The fourth-order valence-electron chi connectivity index (χ4n) is 4.98. The van der Waals surface area contributed by atoms with Crippen molar-refractivity contribution in [1.29, 1.82) is 0 Å². The van der Waals surface area contributed by atoms with Gasteiger partial charge in [0.2, 0.25) is 0 Å². The number of hydrogen-bond acceptors (Lipinski definition) is 5. The molecule has 1 aromatic heterocycles. The first-order valence-electron chi connectivity index (χ1n) is 10.9. The number of aromatic nitrogens is 2. The van der Waals surface area contributed by atoms with Crippen LogP contribution in [0.15, 0.2) is 48.8 Å². The van der Waals surface area contributed by atoms with Crippen molar-refractivity contribution in [3.8, 4) is 0 Å². The Kier molecular flexibility index (Phi) is 5.20. The van der Waals surface area contributed by atoms with Crippen molar-refractivity contribution in [3.05, 3.63) is 59.9 Å². The van der Waals surface area contributed by atoms with Crippen molar-refractivity contribution in [3.63, 3.8) is 0 Å². The molecule has 8 heteroatoms. The Labute approximate surface area is 185 Å². The van der Waals surface area contributed by atoms with Crippen LogP contribution in [0, 0.1) is 5.41 Å².